The molecular formula is C14H18ClNO2. The van der Waals surface area contributed by atoms with E-state index < -0.39 is 0 Å². The number of rotatable bonds is 1. The Balaban J connectivity index is 2.02. The summed E-state index contributed by atoms with van der Waals surface area (Å²) < 4.78 is 12.0. The van der Waals surface area contributed by atoms with Gasteiger partial charge in [-0.15, -0.1) is 0 Å². The lowest BCUT2D eigenvalue weighted by atomic mass is 9.83. The Kier molecular flexibility index (Phi) is 3.00. The molecule has 0 radical (unpaired) electrons. The van der Waals surface area contributed by atoms with E-state index in [9.17, 15) is 0 Å². The van der Waals surface area contributed by atoms with E-state index in [-0.39, 0.29) is 17.7 Å². The van der Waals surface area contributed by atoms with Crippen LogP contribution in [-0.4, -0.2) is 25.4 Å². The third-order valence-corrected chi connectivity index (χ3v) is 4.43. The van der Waals surface area contributed by atoms with Crippen LogP contribution in [0.1, 0.15) is 31.4 Å². The number of fused-ring (bicyclic) bond motifs is 1. The maximum atomic E-state index is 6.26. The molecule has 2 heterocycles. The molecule has 2 aliphatic heterocycles. The van der Waals surface area contributed by atoms with Crippen molar-refractivity contribution >= 4 is 11.6 Å². The molecule has 0 bridgehead atoms. The van der Waals surface area contributed by atoms with Crippen LogP contribution in [0.5, 0.6) is 5.75 Å². The third-order valence-electron chi connectivity index (χ3n) is 4.19. The van der Waals surface area contributed by atoms with Crippen LogP contribution in [0.2, 0.25) is 5.02 Å². The second kappa shape index (κ2) is 4.41. The van der Waals surface area contributed by atoms with E-state index in [1.165, 1.54) is 0 Å². The van der Waals surface area contributed by atoms with Crippen molar-refractivity contribution < 1.29 is 9.47 Å². The summed E-state index contributed by atoms with van der Waals surface area (Å²) in [6.07, 6.45) is 2.02. The van der Waals surface area contributed by atoms with Gasteiger partial charge in [-0.2, -0.15) is 0 Å². The summed E-state index contributed by atoms with van der Waals surface area (Å²) in [7, 11) is 1.98. The van der Waals surface area contributed by atoms with E-state index in [2.05, 4.69) is 12.2 Å². The van der Waals surface area contributed by atoms with Crippen molar-refractivity contribution in [3.05, 3.63) is 28.8 Å². The highest BCUT2D eigenvalue weighted by atomic mass is 35.5. The second-order valence-corrected chi connectivity index (χ2v) is 5.59. The number of halogens is 1. The van der Waals surface area contributed by atoms with Gasteiger partial charge in [-0.05, 0) is 32.2 Å². The highest BCUT2D eigenvalue weighted by Crippen LogP contribution is 2.46. The zero-order valence-electron chi connectivity index (χ0n) is 10.7. The van der Waals surface area contributed by atoms with Crippen LogP contribution in [-0.2, 0) is 4.74 Å². The minimum Gasteiger partial charge on any atom is -0.484 e. The van der Waals surface area contributed by atoms with Crippen LogP contribution >= 0.6 is 11.6 Å². The lowest BCUT2D eigenvalue weighted by Crippen LogP contribution is -2.48. The van der Waals surface area contributed by atoms with Crippen LogP contribution in [0.25, 0.3) is 0 Å². The molecule has 1 aromatic rings. The molecule has 18 heavy (non-hydrogen) atoms. The molecule has 2 aliphatic rings. The summed E-state index contributed by atoms with van der Waals surface area (Å²) in [5.74, 6) is 0.933. The van der Waals surface area contributed by atoms with E-state index in [0.29, 0.717) is 0 Å². The minimum absolute atomic E-state index is 0.136. The molecule has 1 N–H and O–H groups in total. The lowest BCUT2D eigenvalue weighted by Gasteiger charge is -2.41. The molecule has 3 nitrogen and oxygen atoms in total. The number of benzene rings is 1. The Bertz CT molecular complexity index is 465. The van der Waals surface area contributed by atoms with Crippen molar-refractivity contribution in [1.29, 1.82) is 0 Å². The first-order valence-corrected chi connectivity index (χ1v) is 6.80. The molecule has 1 aromatic carbocycles. The van der Waals surface area contributed by atoms with E-state index in [1.807, 2.05) is 25.2 Å². The summed E-state index contributed by atoms with van der Waals surface area (Å²) in [4.78, 5) is 0. The van der Waals surface area contributed by atoms with Crippen molar-refractivity contribution in [3.8, 4) is 5.75 Å². The molecule has 4 heteroatoms. The molecule has 1 fully saturated rings. The quantitative estimate of drug-likeness (QED) is 0.849. The predicted molar refractivity (Wildman–Crippen MR) is 71.3 cm³/mol. The summed E-state index contributed by atoms with van der Waals surface area (Å²) in [5, 5.41) is 4.12. The van der Waals surface area contributed by atoms with Gasteiger partial charge in [-0.3, -0.25) is 0 Å². The van der Waals surface area contributed by atoms with Gasteiger partial charge in [0.15, 0.2) is 0 Å². The Morgan fingerprint density at radius 1 is 1.44 bits per heavy atom. The van der Waals surface area contributed by atoms with Gasteiger partial charge in [0.1, 0.15) is 11.4 Å². The van der Waals surface area contributed by atoms with Gasteiger partial charge >= 0.3 is 0 Å². The third kappa shape index (κ3) is 1.81. The molecule has 0 amide bonds. The highest BCUT2D eigenvalue weighted by molar-refractivity contribution is 6.30. The Morgan fingerprint density at radius 3 is 2.94 bits per heavy atom. The lowest BCUT2D eigenvalue weighted by molar-refractivity contribution is -0.0301. The van der Waals surface area contributed by atoms with Gasteiger partial charge in [-0.1, -0.05) is 11.6 Å². The van der Waals surface area contributed by atoms with Crippen LogP contribution in [0.4, 0.5) is 0 Å². The van der Waals surface area contributed by atoms with E-state index >= 15 is 0 Å². The van der Waals surface area contributed by atoms with Crippen LogP contribution < -0.4 is 10.1 Å². The average Bonchev–Trinajstić information content (AvgIpc) is 2.70. The molecule has 0 aliphatic carbocycles. The fraction of sp³-hybridized carbons (Fsp3) is 0.571. The second-order valence-electron chi connectivity index (χ2n) is 5.16. The van der Waals surface area contributed by atoms with Gasteiger partial charge in [0, 0.05) is 29.5 Å². The van der Waals surface area contributed by atoms with E-state index in [0.717, 1.165) is 35.8 Å². The fourth-order valence-corrected chi connectivity index (χ4v) is 3.20. The van der Waals surface area contributed by atoms with E-state index in [1.54, 1.807) is 0 Å². The SMILES string of the molecule is CNC1CC2(CCOC2C)Oc2ccc(Cl)cc21. The topological polar surface area (TPSA) is 30.5 Å². The molecule has 1 spiro atoms. The number of hydrogen-bond acceptors (Lipinski definition) is 3. The Hall–Kier alpha value is -0.770. The summed E-state index contributed by atoms with van der Waals surface area (Å²) >= 11 is 6.07. The normalized spacial score (nSPS) is 34.4. The first kappa shape index (κ1) is 12.3. The summed E-state index contributed by atoms with van der Waals surface area (Å²) in [5.41, 5.74) is 0.962. The van der Waals surface area contributed by atoms with Crippen LogP contribution in [0.15, 0.2) is 18.2 Å². The largest absolute Gasteiger partial charge is 0.484 e. The predicted octanol–water partition coefficient (Wildman–Crippen LogP) is 2.93. The molecule has 0 saturated carbocycles. The number of hydrogen-bond donors (Lipinski definition) is 1. The van der Waals surface area contributed by atoms with Gasteiger partial charge in [0.25, 0.3) is 0 Å². The molecule has 1 saturated heterocycles. The molecule has 3 rings (SSSR count). The van der Waals surface area contributed by atoms with Crippen molar-refractivity contribution in [1.82, 2.24) is 5.32 Å². The first-order chi connectivity index (χ1) is 8.64. The zero-order valence-corrected chi connectivity index (χ0v) is 11.5. The van der Waals surface area contributed by atoms with Crippen molar-refractivity contribution in [2.75, 3.05) is 13.7 Å². The van der Waals surface area contributed by atoms with Gasteiger partial charge in [0.05, 0.1) is 12.7 Å². The standard InChI is InChI=1S/C14H18ClNO2/c1-9-14(5-6-17-9)8-12(16-2)11-7-10(15)3-4-13(11)18-14/h3-4,7,9,12,16H,5-6,8H2,1-2H3. The first-order valence-electron chi connectivity index (χ1n) is 6.42. The fourth-order valence-electron chi connectivity index (χ4n) is 3.02. The number of nitrogens with one attached hydrogen (secondary N) is 1. The summed E-state index contributed by atoms with van der Waals surface area (Å²) in [6, 6.07) is 6.11. The van der Waals surface area contributed by atoms with Crippen molar-refractivity contribution in [2.24, 2.45) is 0 Å². The van der Waals surface area contributed by atoms with Crippen LogP contribution in [0.3, 0.4) is 0 Å². The van der Waals surface area contributed by atoms with Crippen molar-refractivity contribution in [3.63, 3.8) is 0 Å². The number of ether oxygens (including phenoxy) is 2. The molecule has 98 valence electrons. The van der Waals surface area contributed by atoms with Gasteiger partial charge < -0.3 is 14.8 Å². The van der Waals surface area contributed by atoms with Gasteiger partial charge in [-0.25, -0.2) is 0 Å². The maximum absolute atomic E-state index is 6.26. The molecule has 3 atom stereocenters. The molecular weight excluding hydrogens is 250 g/mol. The Labute approximate surface area is 112 Å². The smallest absolute Gasteiger partial charge is 0.139 e. The van der Waals surface area contributed by atoms with Crippen molar-refractivity contribution in [2.45, 2.75) is 37.5 Å². The molecule has 3 unspecified atom stereocenters. The summed E-state index contributed by atoms with van der Waals surface area (Å²) in [6.45, 7) is 2.88. The maximum Gasteiger partial charge on any atom is 0.139 e. The molecule has 0 aromatic heterocycles. The monoisotopic (exact) mass is 267 g/mol. The van der Waals surface area contributed by atoms with Crippen LogP contribution in [0, 0.1) is 0 Å². The Morgan fingerprint density at radius 2 is 2.28 bits per heavy atom. The highest BCUT2D eigenvalue weighted by Gasteiger charge is 2.48. The van der Waals surface area contributed by atoms with Gasteiger partial charge in [0.2, 0.25) is 0 Å². The van der Waals surface area contributed by atoms with E-state index in [4.69, 9.17) is 21.1 Å². The zero-order chi connectivity index (χ0) is 12.8. The average molecular weight is 268 g/mol. The minimum atomic E-state index is -0.186.